The third kappa shape index (κ3) is 3.67. The van der Waals surface area contributed by atoms with Crippen LogP contribution < -0.4 is 10.6 Å². The van der Waals surface area contributed by atoms with Crippen molar-refractivity contribution in [3.05, 3.63) is 35.5 Å². The highest BCUT2D eigenvalue weighted by molar-refractivity contribution is 5.92. The van der Waals surface area contributed by atoms with Crippen LogP contribution in [0.3, 0.4) is 0 Å². The van der Waals surface area contributed by atoms with Gasteiger partial charge in [0.25, 0.3) is 0 Å². The van der Waals surface area contributed by atoms with Gasteiger partial charge < -0.3 is 10.6 Å². The number of aryl methyl sites for hydroxylation is 1. The smallest absolute Gasteiger partial charge is 0.303 e. The van der Waals surface area contributed by atoms with Crippen LogP contribution in [-0.4, -0.2) is 67.3 Å². The fourth-order valence-corrected chi connectivity index (χ4v) is 5.03. The molecule has 3 saturated heterocycles. The molecule has 0 spiro atoms. The molecule has 3 aliphatic heterocycles. The van der Waals surface area contributed by atoms with Crippen molar-refractivity contribution in [1.29, 1.82) is 0 Å². The van der Waals surface area contributed by atoms with E-state index in [1.165, 1.54) is 6.42 Å². The van der Waals surface area contributed by atoms with Crippen LogP contribution in [0.15, 0.2) is 18.3 Å². The summed E-state index contributed by atoms with van der Waals surface area (Å²) < 4.78 is 29.7. The number of likely N-dealkylation sites (N-methyl/N-ethyl adjacent to an activating group) is 1. The number of carbonyl (C=O) groups excluding carboxylic acids is 1. The van der Waals surface area contributed by atoms with Gasteiger partial charge in [0.05, 0.1) is 22.5 Å². The maximum Gasteiger partial charge on any atom is 0.303 e. The second-order valence-electron chi connectivity index (χ2n) is 9.34. The van der Waals surface area contributed by atoms with Gasteiger partial charge in [0.15, 0.2) is 11.6 Å². The third-order valence-corrected chi connectivity index (χ3v) is 6.90. The fraction of sp³-hybridized carbons (Fsp3) is 0.522. The zero-order valence-corrected chi connectivity index (χ0v) is 19.7. The average Bonchev–Trinajstić information content (AvgIpc) is 3.17. The Kier molecular flexibility index (Phi) is 5.27. The number of hydrogen-bond acceptors (Lipinski definition) is 7. The van der Waals surface area contributed by atoms with E-state index in [2.05, 4.69) is 31.7 Å². The Bertz CT molecular complexity index is 1260. The highest BCUT2D eigenvalue weighted by Crippen LogP contribution is 2.37. The highest BCUT2D eigenvalue weighted by atomic mass is 19.3. The van der Waals surface area contributed by atoms with Crippen LogP contribution in [0.4, 0.5) is 14.6 Å². The number of piperidine rings is 1. The largest absolute Gasteiger partial charge is 0.369 e. The molecule has 6 heterocycles. The average molecular weight is 471 g/mol. The monoisotopic (exact) mass is 470 g/mol. The molecule has 3 unspecified atom stereocenters. The van der Waals surface area contributed by atoms with Gasteiger partial charge in [-0.05, 0) is 32.9 Å². The first-order valence-electron chi connectivity index (χ1n) is 11.5. The van der Waals surface area contributed by atoms with E-state index in [1.807, 2.05) is 0 Å². The van der Waals surface area contributed by atoms with Gasteiger partial charge in [-0.15, -0.1) is 5.10 Å². The molecule has 2 N–H and O–H groups in total. The number of nitrogens with zero attached hydrogens (tertiary/aromatic N) is 7. The molecule has 3 aliphatic rings. The van der Waals surface area contributed by atoms with E-state index in [-0.39, 0.29) is 5.82 Å². The summed E-state index contributed by atoms with van der Waals surface area (Å²) in [7, 11) is 0. The lowest BCUT2D eigenvalue weighted by Crippen LogP contribution is -2.68. The number of aromatic nitrogens is 5. The minimum atomic E-state index is -3.20. The zero-order chi connectivity index (χ0) is 24.4. The molecule has 3 fully saturated rings. The summed E-state index contributed by atoms with van der Waals surface area (Å²) in [6, 6.07) is 4.30. The van der Waals surface area contributed by atoms with Gasteiger partial charge >= 0.3 is 5.92 Å². The van der Waals surface area contributed by atoms with Gasteiger partial charge in [0.2, 0.25) is 11.7 Å². The molecule has 0 aliphatic carbocycles. The zero-order valence-electron chi connectivity index (χ0n) is 19.7. The maximum absolute atomic E-state index is 14.1. The van der Waals surface area contributed by atoms with Crippen molar-refractivity contribution < 1.29 is 13.6 Å². The van der Waals surface area contributed by atoms with Crippen molar-refractivity contribution in [1.82, 2.24) is 29.6 Å². The number of piperazine rings is 1. The molecule has 1 amide bonds. The van der Waals surface area contributed by atoms with E-state index in [9.17, 15) is 13.6 Å². The summed E-state index contributed by atoms with van der Waals surface area (Å²) in [4.78, 5) is 29.0. The topological polar surface area (TPSA) is 106 Å². The normalized spacial score (nSPS) is 21.5. The Morgan fingerprint density at radius 1 is 1.26 bits per heavy atom. The second kappa shape index (κ2) is 7.93. The molecule has 6 rings (SSSR count). The van der Waals surface area contributed by atoms with Crippen molar-refractivity contribution in [2.75, 3.05) is 24.5 Å². The first-order chi connectivity index (χ1) is 16.1. The predicted molar refractivity (Wildman–Crippen MR) is 123 cm³/mol. The molecule has 34 heavy (non-hydrogen) atoms. The summed E-state index contributed by atoms with van der Waals surface area (Å²) >= 11 is 0. The van der Waals surface area contributed by atoms with E-state index >= 15 is 0 Å². The van der Waals surface area contributed by atoms with Gasteiger partial charge in [0.1, 0.15) is 0 Å². The SMILES string of the molecule is CCN1C2CC1CN(c1nn(-c3cc(C)nc(C(C)(F)F)n3)c3cc(C(C)C(N)=O)ncc13)C2. The quantitative estimate of drug-likeness (QED) is 0.590. The molecule has 11 heteroatoms. The van der Waals surface area contributed by atoms with Crippen molar-refractivity contribution in [3.63, 3.8) is 0 Å². The fourth-order valence-electron chi connectivity index (χ4n) is 5.03. The number of alkyl halides is 2. The molecule has 0 saturated carbocycles. The van der Waals surface area contributed by atoms with E-state index in [1.54, 1.807) is 36.9 Å². The molecular formula is C23H28F2N8O. The molecule has 2 bridgehead atoms. The number of anilines is 1. The summed E-state index contributed by atoms with van der Waals surface area (Å²) in [5.74, 6) is -3.91. The molecule has 3 atom stereocenters. The lowest BCUT2D eigenvalue weighted by Gasteiger charge is -2.56. The summed E-state index contributed by atoms with van der Waals surface area (Å²) in [5, 5.41) is 5.60. The van der Waals surface area contributed by atoms with Crippen LogP contribution in [0.2, 0.25) is 0 Å². The molecule has 3 aromatic heterocycles. The van der Waals surface area contributed by atoms with Crippen LogP contribution >= 0.6 is 0 Å². The van der Waals surface area contributed by atoms with E-state index in [0.29, 0.717) is 29.0 Å². The number of amides is 1. The Morgan fingerprint density at radius 3 is 2.59 bits per heavy atom. The minimum Gasteiger partial charge on any atom is -0.369 e. The minimum absolute atomic E-state index is 0.238. The summed E-state index contributed by atoms with van der Waals surface area (Å²) in [6.07, 6.45) is 2.85. The van der Waals surface area contributed by atoms with Crippen LogP contribution in [0.25, 0.3) is 16.7 Å². The van der Waals surface area contributed by atoms with Crippen LogP contribution in [-0.2, 0) is 10.7 Å². The number of primary amides is 1. The number of rotatable bonds is 6. The molecule has 0 radical (unpaired) electrons. The van der Waals surface area contributed by atoms with E-state index < -0.39 is 23.6 Å². The first-order valence-corrected chi connectivity index (χ1v) is 11.5. The Balaban J connectivity index is 1.66. The summed E-state index contributed by atoms with van der Waals surface area (Å²) in [5.41, 5.74) is 7.02. The Hall–Kier alpha value is -3.21. The molecular weight excluding hydrogens is 442 g/mol. The number of nitrogens with two attached hydrogens (primary N) is 1. The van der Waals surface area contributed by atoms with E-state index in [4.69, 9.17) is 10.8 Å². The van der Waals surface area contributed by atoms with Gasteiger partial charge in [-0.2, -0.15) is 8.78 Å². The van der Waals surface area contributed by atoms with Crippen molar-refractivity contribution in [3.8, 4) is 5.82 Å². The standard InChI is InChI=1S/C23H28F2N8O/c1-5-32-14-7-15(32)11-31(10-14)21-16-9-27-17(13(3)20(26)34)8-18(16)33(30-21)19-6-12(2)28-22(29-19)23(4,24)25/h6,8-9,13-15H,5,7,10-11H2,1-4H3,(H2,26,34). The molecule has 180 valence electrons. The number of hydrogen-bond donors (Lipinski definition) is 1. The third-order valence-electron chi connectivity index (χ3n) is 6.90. The van der Waals surface area contributed by atoms with Gasteiger partial charge in [-0.25, -0.2) is 14.6 Å². The second-order valence-corrected chi connectivity index (χ2v) is 9.34. The van der Waals surface area contributed by atoms with Gasteiger partial charge in [0, 0.05) is 50.1 Å². The highest BCUT2D eigenvalue weighted by Gasteiger charge is 2.44. The number of fused-ring (bicyclic) bond motifs is 3. The van der Waals surface area contributed by atoms with Crippen LogP contribution in [0, 0.1) is 6.92 Å². The molecule has 9 nitrogen and oxygen atoms in total. The first kappa shape index (κ1) is 22.6. The van der Waals surface area contributed by atoms with Gasteiger partial charge in [-0.3, -0.25) is 14.7 Å². The molecule has 3 aromatic rings. The lowest BCUT2D eigenvalue weighted by molar-refractivity contribution is -0.119. The lowest BCUT2D eigenvalue weighted by atomic mass is 9.87. The Labute approximate surface area is 196 Å². The van der Waals surface area contributed by atoms with Gasteiger partial charge in [-0.1, -0.05) is 6.92 Å². The predicted octanol–water partition coefficient (Wildman–Crippen LogP) is 2.50. The summed E-state index contributed by atoms with van der Waals surface area (Å²) in [6.45, 7) is 8.94. The number of carbonyl (C=O) groups is 1. The van der Waals surface area contributed by atoms with Crippen molar-refractivity contribution in [2.24, 2.45) is 5.73 Å². The number of pyridine rings is 1. The van der Waals surface area contributed by atoms with Crippen LogP contribution in [0.1, 0.15) is 50.3 Å². The molecule has 0 aromatic carbocycles. The Morgan fingerprint density at radius 2 is 1.97 bits per heavy atom. The van der Waals surface area contributed by atoms with E-state index in [0.717, 1.165) is 37.8 Å². The van der Waals surface area contributed by atoms with Crippen LogP contribution in [0.5, 0.6) is 0 Å². The number of halogens is 2. The van der Waals surface area contributed by atoms with Crippen molar-refractivity contribution >= 4 is 22.6 Å². The maximum atomic E-state index is 14.1. The van der Waals surface area contributed by atoms with Crippen molar-refractivity contribution in [2.45, 2.75) is 58.0 Å².